The number of likely N-dealkylation sites (tertiary alicyclic amines) is 1. The van der Waals surface area contributed by atoms with Gasteiger partial charge in [-0.1, -0.05) is 32.4 Å². The summed E-state index contributed by atoms with van der Waals surface area (Å²) in [7, 11) is 1.53. The third-order valence-electron chi connectivity index (χ3n) is 6.29. The molecule has 1 saturated heterocycles. The zero-order valence-electron chi connectivity index (χ0n) is 17.8. The maximum Gasteiger partial charge on any atom is 0.248 e. The van der Waals surface area contributed by atoms with Crippen LogP contribution in [-0.2, 0) is 16.0 Å². The molecule has 1 aromatic rings. The van der Waals surface area contributed by atoms with E-state index in [4.69, 9.17) is 0 Å². The molecule has 2 amide bonds. The Morgan fingerprint density at radius 2 is 2.07 bits per heavy atom. The first-order valence-electron chi connectivity index (χ1n) is 10.3. The second kappa shape index (κ2) is 8.02. The van der Waals surface area contributed by atoms with Gasteiger partial charge in [0.2, 0.25) is 11.8 Å². The van der Waals surface area contributed by atoms with Crippen molar-refractivity contribution < 1.29 is 19.8 Å². The summed E-state index contributed by atoms with van der Waals surface area (Å²) in [6.07, 6.45) is 4.97. The van der Waals surface area contributed by atoms with E-state index in [2.05, 4.69) is 15.6 Å². The second-order valence-electron chi connectivity index (χ2n) is 9.66. The minimum atomic E-state index is -0.726. The lowest BCUT2D eigenvalue weighted by atomic mass is 9.67. The third-order valence-corrected chi connectivity index (χ3v) is 6.29. The summed E-state index contributed by atoms with van der Waals surface area (Å²) >= 11 is 0. The van der Waals surface area contributed by atoms with E-state index in [-0.39, 0.29) is 36.8 Å². The van der Waals surface area contributed by atoms with Gasteiger partial charge in [-0.05, 0) is 23.7 Å². The molecule has 9 nitrogen and oxygen atoms in total. The number of nitrogens with one attached hydrogen (secondary N) is 1. The molecule has 2 heterocycles. The third kappa shape index (κ3) is 4.30. The number of hydrogen-bond acceptors (Lipinski definition) is 6. The predicted molar refractivity (Wildman–Crippen MR) is 106 cm³/mol. The largest absolute Gasteiger partial charge is 0.396 e. The zero-order chi connectivity index (χ0) is 21.4. The minimum Gasteiger partial charge on any atom is -0.396 e. The fraction of sp³-hybridized carbons (Fsp3) is 0.800. The van der Waals surface area contributed by atoms with Crippen molar-refractivity contribution in [3.63, 3.8) is 0 Å². The van der Waals surface area contributed by atoms with Crippen LogP contribution in [0.3, 0.4) is 0 Å². The van der Waals surface area contributed by atoms with Crippen molar-refractivity contribution in [1.29, 1.82) is 0 Å². The average Bonchev–Trinajstić information content (AvgIpc) is 3.23. The fourth-order valence-corrected chi connectivity index (χ4v) is 4.48. The monoisotopic (exact) mass is 407 g/mol. The van der Waals surface area contributed by atoms with Crippen LogP contribution < -0.4 is 5.32 Å². The summed E-state index contributed by atoms with van der Waals surface area (Å²) in [6.45, 7) is 6.08. The van der Waals surface area contributed by atoms with Gasteiger partial charge in [-0.25, -0.2) is 4.68 Å². The first kappa shape index (κ1) is 21.7. The molecule has 3 rings (SSSR count). The number of carbonyl (C=O) groups is 2. The van der Waals surface area contributed by atoms with E-state index in [1.54, 1.807) is 10.9 Å². The first-order valence-corrected chi connectivity index (χ1v) is 10.3. The molecule has 2 fully saturated rings. The quantitative estimate of drug-likeness (QED) is 0.623. The van der Waals surface area contributed by atoms with Crippen LogP contribution in [0.15, 0.2) is 6.20 Å². The molecule has 0 spiro atoms. The van der Waals surface area contributed by atoms with Crippen molar-refractivity contribution >= 4 is 11.8 Å². The number of nitrogens with zero attached hydrogens (tertiary/aromatic N) is 4. The Bertz CT molecular complexity index is 747. The molecule has 9 heteroatoms. The van der Waals surface area contributed by atoms with E-state index in [1.165, 1.54) is 11.9 Å². The lowest BCUT2D eigenvalue weighted by Gasteiger charge is -2.39. The Morgan fingerprint density at radius 3 is 2.59 bits per heavy atom. The van der Waals surface area contributed by atoms with Gasteiger partial charge in [0.25, 0.3) is 0 Å². The number of aromatic nitrogens is 3. The van der Waals surface area contributed by atoms with Crippen molar-refractivity contribution in [1.82, 2.24) is 25.2 Å². The van der Waals surface area contributed by atoms with E-state index >= 15 is 0 Å². The van der Waals surface area contributed by atoms with Crippen molar-refractivity contribution in [3.05, 3.63) is 11.9 Å². The SMILES string of the molecule is CNC(=O)[C@@H]1C[C@@H](O)CN1C(=O)[C@@H](n1cc(CC2(CO)CCC2)nn1)C(C)(C)C. The summed E-state index contributed by atoms with van der Waals surface area (Å²) in [4.78, 5) is 27.2. The molecule has 2 aliphatic rings. The molecule has 3 atom stereocenters. The predicted octanol–water partition coefficient (Wildman–Crippen LogP) is 0.278. The first-order chi connectivity index (χ1) is 13.6. The molecular weight excluding hydrogens is 374 g/mol. The Morgan fingerprint density at radius 1 is 1.38 bits per heavy atom. The molecule has 3 N–H and O–H groups in total. The van der Waals surface area contributed by atoms with Gasteiger partial charge in [0.05, 0.1) is 11.8 Å². The Kier molecular flexibility index (Phi) is 6.01. The van der Waals surface area contributed by atoms with Crippen LogP contribution in [0.25, 0.3) is 0 Å². The average molecular weight is 408 g/mol. The highest BCUT2D eigenvalue weighted by Crippen LogP contribution is 2.43. The van der Waals surface area contributed by atoms with Gasteiger partial charge in [-0.2, -0.15) is 0 Å². The number of aliphatic hydroxyl groups excluding tert-OH is 2. The molecule has 1 aliphatic heterocycles. The van der Waals surface area contributed by atoms with Gasteiger partial charge in [0.1, 0.15) is 12.1 Å². The Balaban J connectivity index is 1.85. The standard InChI is InChI=1S/C20H33N5O4/c1-19(2,3)16(18(29)24-11-14(27)8-15(24)17(28)21-4)25-10-13(22-23-25)9-20(12-26)6-5-7-20/h10,14-16,26-27H,5-9,11-12H2,1-4H3,(H,21,28)/t14-,15+,16-/m1/s1. The Hall–Kier alpha value is -2.00. The summed E-state index contributed by atoms with van der Waals surface area (Å²) in [5.41, 5.74) is 0.157. The number of carbonyl (C=O) groups excluding carboxylic acids is 2. The molecule has 0 bridgehead atoms. The molecule has 1 aromatic heterocycles. The van der Waals surface area contributed by atoms with Gasteiger partial charge in [-0.3, -0.25) is 9.59 Å². The molecular formula is C20H33N5O4. The number of hydrogen-bond donors (Lipinski definition) is 3. The highest BCUT2D eigenvalue weighted by Gasteiger charge is 2.45. The zero-order valence-corrected chi connectivity index (χ0v) is 17.8. The van der Waals surface area contributed by atoms with E-state index in [0.717, 1.165) is 25.0 Å². The van der Waals surface area contributed by atoms with E-state index < -0.39 is 23.6 Å². The molecule has 162 valence electrons. The van der Waals surface area contributed by atoms with Crippen molar-refractivity contribution in [2.75, 3.05) is 20.2 Å². The Labute approximate surface area is 171 Å². The summed E-state index contributed by atoms with van der Waals surface area (Å²) in [5, 5.41) is 30.9. The summed E-state index contributed by atoms with van der Waals surface area (Å²) < 4.78 is 1.58. The van der Waals surface area contributed by atoms with Crippen LogP contribution in [0.4, 0.5) is 0 Å². The van der Waals surface area contributed by atoms with Crippen LogP contribution >= 0.6 is 0 Å². The van der Waals surface area contributed by atoms with Gasteiger partial charge < -0.3 is 20.4 Å². The molecule has 1 saturated carbocycles. The van der Waals surface area contributed by atoms with Crippen LogP contribution in [-0.4, -0.2) is 74.3 Å². The highest BCUT2D eigenvalue weighted by molar-refractivity contribution is 5.90. The second-order valence-corrected chi connectivity index (χ2v) is 9.66. The fourth-order valence-electron chi connectivity index (χ4n) is 4.48. The van der Waals surface area contributed by atoms with Crippen LogP contribution in [0.1, 0.15) is 58.2 Å². The van der Waals surface area contributed by atoms with Gasteiger partial charge >= 0.3 is 0 Å². The maximum absolute atomic E-state index is 13.5. The number of β-amino-alcohol motifs (C(OH)–C–C–N with tert-alkyl or cyclic N) is 1. The van der Waals surface area contributed by atoms with E-state index in [9.17, 15) is 19.8 Å². The van der Waals surface area contributed by atoms with E-state index in [0.29, 0.717) is 6.42 Å². The molecule has 29 heavy (non-hydrogen) atoms. The van der Waals surface area contributed by atoms with Gasteiger partial charge in [-0.15, -0.1) is 5.10 Å². The number of amides is 2. The number of rotatable bonds is 6. The van der Waals surface area contributed by atoms with Crippen LogP contribution in [0, 0.1) is 10.8 Å². The van der Waals surface area contributed by atoms with Crippen molar-refractivity contribution in [2.45, 2.75) is 71.1 Å². The summed E-state index contributed by atoms with van der Waals surface area (Å²) in [5.74, 6) is -0.531. The normalized spacial score (nSPS) is 24.8. The molecule has 0 radical (unpaired) electrons. The minimum absolute atomic E-state index is 0.120. The van der Waals surface area contributed by atoms with E-state index in [1.807, 2.05) is 20.8 Å². The smallest absolute Gasteiger partial charge is 0.248 e. The van der Waals surface area contributed by atoms with Crippen molar-refractivity contribution in [3.8, 4) is 0 Å². The highest BCUT2D eigenvalue weighted by atomic mass is 16.3. The molecule has 0 unspecified atom stereocenters. The molecule has 1 aliphatic carbocycles. The lowest BCUT2D eigenvalue weighted by Crippen LogP contribution is -2.49. The van der Waals surface area contributed by atoms with Crippen molar-refractivity contribution in [2.24, 2.45) is 10.8 Å². The van der Waals surface area contributed by atoms with Crippen LogP contribution in [0.2, 0.25) is 0 Å². The molecule has 0 aromatic carbocycles. The maximum atomic E-state index is 13.5. The van der Waals surface area contributed by atoms with Gasteiger partial charge in [0, 0.05) is 39.2 Å². The number of likely N-dealkylation sites (N-methyl/N-ethyl adjacent to an activating group) is 1. The lowest BCUT2D eigenvalue weighted by molar-refractivity contribution is -0.144. The van der Waals surface area contributed by atoms with Gasteiger partial charge in [0.15, 0.2) is 0 Å². The number of aliphatic hydroxyl groups is 2. The van der Waals surface area contributed by atoms with Crippen LogP contribution in [0.5, 0.6) is 0 Å². The summed E-state index contributed by atoms with van der Waals surface area (Å²) in [6, 6.07) is -1.35. The topological polar surface area (TPSA) is 121 Å².